The van der Waals surface area contributed by atoms with Crippen LogP contribution in [0.1, 0.15) is 4.44 Å². The molecule has 0 unspecified atom stereocenters. The van der Waals surface area contributed by atoms with Crippen molar-refractivity contribution in [3.05, 3.63) is 27.6 Å². The fourth-order valence-electron chi connectivity index (χ4n) is 0.550. The fourth-order valence-corrected chi connectivity index (χ4v) is 1.85. The topological polar surface area (TPSA) is 43.1 Å². The summed E-state index contributed by atoms with van der Waals surface area (Å²) in [6.07, 6.45) is 3.16. The van der Waals surface area contributed by atoms with Crippen LogP contribution in [0.3, 0.4) is 0 Å². The molecule has 2 nitrogen and oxygen atoms in total. The Morgan fingerprint density at radius 1 is 1.70 bits per heavy atom. The van der Waals surface area contributed by atoms with E-state index in [0.717, 1.165) is 0 Å². The SMILES string of the molecule is NC(=O)C=Cc1ccc[se]1. The van der Waals surface area contributed by atoms with Crippen LogP contribution in [0.15, 0.2) is 23.1 Å². The monoisotopic (exact) mass is 201 g/mol. The van der Waals surface area contributed by atoms with Crippen molar-refractivity contribution in [2.75, 3.05) is 0 Å². The molecule has 1 heterocycles. The maximum atomic E-state index is 10.3. The van der Waals surface area contributed by atoms with Crippen molar-refractivity contribution >= 4 is 26.5 Å². The average Bonchev–Trinajstić information content (AvgIpc) is 2.34. The number of rotatable bonds is 2. The summed E-state index contributed by atoms with van der Waals surface area (Å²) in [4.78, 5) is 12.3. The first-order chi connectivity index (χ1) is 4.79. The Kier molecular flexibility index (Phi) is 2.49. The Labute approximate surface area is 65.1 Å². The standard InChI is InChI=1S/C7H7NOSe/c8-7(9)4-3-6-2-1-5-10-6/h1-5H,(H2,8,9). The van der Waals surface area contributed by atoms with Crippen molar-refractivity contribution in [2.24, 2.45) is 5.73 Å². The molecular weight excluding hydrogens is 193 g/mol. The molecule has 0 aliphatic carbocycles. The van der Waals surface area contributed by atoms with E-state index in [4.69, 9.17) is 5.73 Å². The van der Waals surface area contributed by atoms with E-state index in [9.17, 15) is 4.79 Å². The predicted octanol–water partition coefficient (Wildman–Crippen LogP) is 0.242. The molecule has 1 rings (SSSR count). The second-order valence-corrected chi connectivity index (χ2v) is 3.81. The Hall–Kier alpha value is -0.791. The van der Waals surface area contributed by atoms with E-state index in [1.54, 1.807) is 6.08 Å². The van der Waals surface area contributed by atoms with E-state index in [-0.39, 0.29) is 5.91 Å². The summed E-state index contributed by atoms with van der Waals surface area (Å²) in [5, 5.41) is 0. The zero-order chi connectivity index (χ0) is 7.40. The van der Waals surface area contributed by atoms with Crippen LogP contribution in [0, 0.1) is 0 Å². The number of hydrogen-bond donors (Lipinski definition) is 1. The molecule has 1 aromatic heterocycles. The molecule has 0 saturated carbocycles. The van der Waals surface area contributed by atoms with Crippen LogP contribution in [0.25, 0.3) is 6.08 Å². The molecule has 52 valence electrons. The Morgan fingerprint density at radius 3 is 3.00 bits per heavy atom. The van der Waals surface area contributed by atoms with Gasteiger partial charge in [0.25, 0.3) is 0 Å². The van der Waals surface area contributed by atoms with Gasteiger partial charge in [-0.2, -0.15) is 0 Å². The van der Waals surface area contributed by atoms with E-state index in [1.165, 1.54) is 10.5 Å². The normalized spacial score (nSPS) is 10.4. The summed E-state index contributed by atoms with van der Waals surface area (Å²) in [5.41, 5.74) is 4.90. The molecule has 1 aromatic rings. The van der Waals surface area contributed by atoms with Crippen molar-refractivity contribution in [3.63, 3.8) is 0 Å². The summed E-state index contributed by atoms with van der Waals surface area (Å²) in [7, 11) is 0. The summed E-state index contributed by atoms with van der Waals surface area (Å²) in [6, 6.07) is 3.97. The van der Waals surface area contributed by atoms with Crippen molar-refractivity contribution in [1.82, 2.24) is 0 Å². The van der Waals surface area contributed by atoms with Gasteiger partial charge in [-0.05, 0) is 0 Å². The minimum absolute atomic E-state index is 0.386. The molecule has 10 heavy (non-hydrogen) atoms. The van der Waals surface area contributed by atoms with Crippen molar-refractivity contribution in [3.8, 4) is 0 Å². The number of carbonyl (C=O) groups excluding carboxylic acids is 1. The summed E-state index contributed by atoms with van der Waals surface area (Å²) >= 11 is 0.409. The quantitative estimate of drug-likeness (QED) is 0.539. The summed E-state index contributed by atoms with van der Waals surface area (Å²) in [5.74, 6) is -0.386. The van der Waals surface area contributed by atoms with Gasteiger partial charge < -0.3 is 0 Å². The van der Waals surface area contributed by atoms with Crippen LogP contribution in [0.2, 0.25) is 0 Å². The van der Waals surface area contributed by atoms with Gasteiger partial charge in [0, 0.05) is 0 Å². The van der Waals surface area contributed by atoms with Gasteiger partial charge in [-0.3, -0.25) is 0 Å². The molecule has 0 radical (unpaired) electrons. The molecule has 3 heteroatoms. The maximum absolute atomic E-state index is 10.3. The zero-order valence-corrected chi connectivity index (χ0v) is 6.99. The number of amides is 1. The summed E-state index contributed by atoms with van der Waals surface area (Å²) in [6.45, 7) is 0. The van der Waals surface area contributed by atoms with E-state index in [0.29, 0.717) is 14.5 Å². The first-order valence-corrected chi connectivity index (χ1v) is 4.64. The molecule has 2 N–H and O–H groups in total. The van der Waals surface area contributed by atoms with Crippen molar-refractivity contribution in [2.45, 2.75) is 0 Å². The number of hydrogen-bond acceptors (Lipinski definition) is 1. The van der Waals surface area contributed by atoms with Gasteiger partial charge >= 0.3 is 64.6 Å². The van der Waals surface area contributed by atoms with Crippen molar-refractivity contribution in [1.29, 1.82) is 0 Å². The Bertz CT molecular complexity index is 238. The molecule has 0 saturated heterocycles. The zero-order valence-electron chi connectivity index (χ0n) is 5.28. The van der Waals surface area contributed by atoms with E-state index >= 15 is 0 Å². The van der Waals surface area contributed by atoms with E-state index in [1.807, 2.05) is 12.1 Å². The minimum atomic E-state index is -0.386. The first kappa shape index (κ1) is 7.32. The summed E-state index contributed by atoms with van der Waals surface area (Å²) < 4.78 is 1.19. The van der Waals surface area contributed by atoms with Gasteiger partial charge in [-0.15, -0.1) is 0 Å². The molecule has 0 spiro atoms. The third kappa shape index (κ3) is 2.21. The number of carbonyl (C=O) groups is 1. The number of primary amides is 1. The second-order valence-electron chi connectivity index (χ2n) is 1.75. The average molecular weight is 200 g/mol. The van der Waals surface area contributed by atoms with Gasteiger partial charge in [0.15, 0.2) is 0 Å². The molecule has 1 amide bonds. The molecular formula is C7H7NOSe. The third-order valence-corrected chi connectivity index (χ3v) is 2.71. The first-order valence-electron chi connectivity index (χ1n) is 2.80. The number of nitrogens with two attached hydrogens (primary N) is 1. The molecule has 0 atom stereocenters. The van der Waals surface area contributed by atoms with E-state index in [2.05, 4.69) is 4.94 Å². The van der Waals surface area contributed by atoms with Crippen molar-refractivity contribution < 1.29 is 4.79 Å². The van der Waals surface area contributed by atoms with Crippen LogP contribution in [0.4, 0.5) is 0 Å². The van der Waals surface area contributed by atoms with Crippen LogP contribution < -0.4 is 5.73 Å². The van der Waals surface area contributed by atoms with Gasteiger partial charge in [-0.25, -0.2) is 0 Å². The van der Waals surface area contributed by atoms with Gasteiger partial charge in [0.1, 0.15) is 0 Å². The second kappa shape index (κ2) is 3.40. The molecule has 0 bridgehead atoms. The van der Waals surface area contributed by atoms with Crippen LogP contribution in [-0.2, 0) is 4.79 Å². The van der Waals surface area contributed by atoms with Gasteiger partial charge in [0.2, 0.25) is 0 Å². The van der Waals surface area contributed by atoms with Gasteiger partial charge in [-0.1, -0.05) is 0 Å². The fraction of sp³-hybridized carbons (Fsp3) is 0. The van der Waals surface area contributed by atoms with Crippen LogP contribution >= 0.6 is 0 Å². The van der Waals surface area contributed by atoms with Crippen LogP contribution in [-0.4, -0.2) is 20.4 Å². The molecule has 0 aromatic carbocycles. The Morgan fingerprint density at radius 2 is 2.50 bits per heavy atom. The third-order valence-electron chi connectivity index (χ3n) is 0.955. The van der Waals surface area contributed by atoms with Crippen LogP contribution in [0.5, 0.6) is 0 Å². The van der Waals surface area contributed by atoms with E-state index < -0.39 is 0 Å². The van der Waals surface area contributed by atoms with Gasteiger partial charge in [0.05, 0.1) is 0 Å². The predicted molar refractivity (Wildman–Crippen MR) is 41.6 cm³/mol. The Balaban J connectivity index is 2.64. The molecule has 0 fully saturated rings. The molecule has 0 aliphatic heterocycles. The molecule has 0 aliphatic rings.